The first-order valence-electron chi connectivity index (χ1n) is 7.53. The van der Waals surface area contributed by atoms with Crippen LogP contribution in [0.4, 0.5) is 11.5 Å². The van der Waals surface area contributed by atoms with Crippen LogP contribution in [-0.4, -0.2) is 29.5 Å². The SMILES string of the molecule is COc1ccccc1Nc1cc(C(=O)NCC(C)C)nc(C)n1. The average Bonchev–Trinajstić information content (AvgIpc) is 2.52. The number of benzene rings is 1. The number of amides is 1. The highest BCUT2D eigenvalue weighted by molar-refractivity contribution is 5.93. The van der Waals surface area contributed by atoms with Crippen molar-refractivity contribution in [2.45, 2.75) is 20.8 Å². The maximum Gasteiger partial charge on any atom is 0.270 e. The van der Waals surface area contributed by atoms with Gasteiger partial charge in [-0.1, -0.05) is 26.0 Å². The van der Waals surface area contributed by atoms with Crippen molar-refractivity contribution in [3.63, 3.8) is 0 Å². The number of methoxy groups -OCH3 is 1. The quantitative estimate of drug-likeness (QED) is 0.857. The summed E-state index contributed by atoms with van der Waals surface area (Å²) in [5, 5.41) is 6.03. The lowest BCUT2D eigenvalue weighted by Gasteiger charge is -2.12. The van der Waals surface area contributed by atoms with Crippen LogP contribution in [0.5, 0.6) is 5.75 Å². The molecule has 0 saturated carbocycles. The third-order valence-corrected chi connectivity index (χ3v) is 3.11. The molecule has 0 radical (unpaired) electrons. The zero-order valence-electron chi connectivity index (χ0n) is 13.9. The van der Waals surface area contributed by atoms with E-state index in [1.807, 2.05) is 38.1 Å². The lowest BCUT2D eigenvalue weighted by Crippen LogP contribution is -2.28. The normalized spacial score (nSPS) is 10.5. The summed E-state index contributed by atoms with van der Waals surface area (Å²) >= 11 is 0. The number of carbonyl (C=O) groups is 1. The Balaban J connectivity index is 2.21. The predicted molar refractivity (Wildman–Crippen MR) is 90.2 cm³/mol. The number of aromatic nitrogens is 2. The van der Waals surface area contributed by atoms with Gasteiger partial charge in [0.2, 0.25) is 0 Å². The maximum absolute atomic E-state index is 12.2. The average molecular weight is 314 g/mol. The van der Waals surface area contributed by atoms with Crippen molar-refractivity contribution in [1.29, 1.82) is 0 Å². The van der Waals surface area contributed by atoms with Crippen molar-refractivity contribution in [1.82, 2.24) is 15.3 Å². The highest BCUT2D eigenvalue weighted by Crippen LogP contribution is 2.26. The van der Waals surface area contributed by atoms with E-state index < -0.39 is 0 Å². The van der Waals surface area contributed by atoms with E-state index in [1.54, 1.807) is 20.1 Å². The summed E-state index contributed by atoms with van der Waals surface area (Å²) in [6, 6.07) is 9.16. The van der Waals surface area contributed by atoms with Gasteiger partial charge in [0, 0.05) is 12.6 Å². The minimum Gasteiger partial charge on any atom is -0.495 e. The Hall–Kier alpha value is -2.63. The van der Waals surface area contributed by atoms with Gasteiger partial charge in [-0.05, 0) is 25.0 Å². The first-order valence-corrected chi connectivity index (χ1v) is 7.53. The van der Waals surface area contributed by atoms with Gasteiger partial charge < -0.3 is 15.4 Å². The highest BCUT2D eigenvalue weighted by Gasteiger charge is 2.12. The number of anilines is 2. The highest BCUT2D eigenvalue weighted by atomic mass is 16.5. The van der Waals surface area contributed by atoms with E-state index in [4.69, 9.17) is 4.74 Å². The first kappa shape index (κ1) is 16.7. The smallest absolute Gasteiger partial charge is 0.270 e. The monoisotopic (exact) mass is 314 g/mol. The molecule has 0 aliphatic carbocycles. The van der Waals surface area contributed by atoms with Gasteiger partial charge in [-0.3, -0.25) is 4.79 Å². The van der Waals surface area contributed by atoms with Crippen molar-refractivity contribution in [3.05, 3.63) is 41.9 Å². The second kappa shape index (κ2) is 7.58. The lowest BCUT2D eigenvalue weighted by atomic mass is 10.2. The Kier molecular flexibility index (Phi) is 5.51. The molecule has 23 heavy (non-hydrogen) atoms. The summed E-state index contributed by atoms with van der Waals surface area (Å²) in [6.07, 6.45) is 0. The van der Waals surface area contributed by atoms with Crippen molar-refractivity contribution >= 4 is 17.4 Å². The third kappa shape index (κ3) is 4.67. The summed E-state index contributed by atoms with van der Waals surface area (Å²) < 4.78 is 5.31. The number of hydrogen-bond acceptors (Lipinski definition) is 5. The fourth-order valence-electron chi connectivity index (χ4n) is 2.02. The molecule has 1 aromatic carbocycles. The molecule has 1 amide bonds. The molecular formula is C17H22N4O2. The molecule has 6 heteroatoms. The second-order valence-corrected chi connectivity index (χ2v) is 5.61. The Morgan fingerprint density at radius 3 is 2.70 bits per heavy atom. The van der Waals surface area contributed by atoms with Gasteiger partial charge in [0.05, 0.1) is 12.8 Å². The second-order valence-electron chi connectivity index (χ2n) is 5.61. The van der Waals surface area contributed by atoms with Crippen LogP contribution in [0.3, 0.4) is 0 Å². The van der Waals surface area contributed by atoms with Crippen LogP contribution in [0.2, 0.25) is 0 Å². The van der Waals surface area contributed by atoms with Gasteiger partial charge >= 0.3 is 0 Å². The minimum atomic E-state index is -0.202. The standard InChI is InChI=1S/C17H22N4O2/c1-11(2)10-18-17(22)14-9-16(20-12(3)19-14)21-13-7-5-6-8-15(13)23-4/h5-9,11H,10H2,1-4H3,(H,18,22)(H,19,20,21). The zero-order valence-corrected chi connectivity index (χ0v) is 13.9. The molecule has 0 saturated heterocycles. The van der Waals surface area contributed by atoms with Gasteiger partial charge in [-0.15, -0.1) is 0 Å². The molecule has 6 nitrogen and oxygen atoms in total. The zero-order chi connectivity index (χ0) is 16.8. The van der Waals surface area contributed by atoms with Gasteiger partial charge in [0.15, 0.2) is 0 Å². The van der Waals surface area contributed by atoms with Crippen LogP contribution < -0.4 is 15.4 Å². The van der Waals surface area contributed by atoms with E-state index in [9.17, 15) is 4.79 Å². The molecule has 0 fully saturated rings. The molecule has 2 aromatic rings. The number of aryl methyl sites for hydroxylation is 1. The Bertz CT molecular complexity index is 686. The lowest BCUT2D eigenvalue weighted by molar-refractivity contribution is 0.0943. The summed E-state index contributed by atoms with van der Waals surface area (Å²) in [6.45, 7) is 6.45. The van der Waals surface area contributed by atoms with Gasteiger partial charge in [-0.2, -0.15) is 0 Å². The molecule has 0 aliphatic heterocycles. The molecular weight excluding hydrogens is 292 g/mol. The van der Waals surface area contributed by atoms with Crippen LogP contribution in [0.25, 0.3) is 0 Å². The molecule has 0 spiro atoms. The van der Waals surface area contributed by atoms with E-state index in [0.29, 0.717) is 35.5 Å². The van der Waals surface area contributed by atoms with Crippen LogP contribution in [0, 0.1) is 12.8 Å². The van der Waals surface area contributed by atoms with Crippen LogP contribution >= 0.6 is 0 Å². The molecule has 1 heterocycles. The van der Waals surface area contributed by atoms with Crippen molar-refractivity contribution in [2.24, 2.45) is 5.92 Å². The molecule has 0 aliphatic rings. The van der Waals surface area contributed by atoms with E-state index >= 15 is 0 Å². The molecule has 122 valence electrons. The van der Waals surface area contributed by atoms with Crippen LogP contribution in [0.15, 0.2) is 30.3 Å². The number of ether oxygens (including phenoxy) is 1. The summed E-state index contributed by atoms with van der Waals surface area (Å²) in [5.74, 6) is 1.96. The largest absolute Gasteiger partial charge is 0.495 e. The van der Waals surface area contributed by atoms with Crippen LogP contribution in [-0.2, 0) is 0 Å². The van der Waals surface area contributed by atoms with E-state index in [2.05, 4.69) is 20.6 Å². The van der Waals surface area contributed by atoms with E-state index in [1.165, 1.54) is 0 Å². The minimum absolute atomic E-state index is 0.202. The molecule has 0 bridgehead atoms. The van der Waals surface area contributed by atoms with Crippen LogP contribution in [0.1, 0.15) is 30.2 Å². The van der Waals surface area contributed by atoms with Crippen molar-refractivity contribution in [2.75, 3.05) is 19.0 Å². The molecule has 0 atom stereocenters. The number of rotatable bonds is 6. The first-order chi connectivity index (χ1) is 11.0. The summed E-state index contributed by atoms with van der Waals surface area (Å²) in [7, 11) is 1.61. The van der Waals surface area contributed by atoms with Gasteiger partial charge in [0.25, 0.3) is 5.91 Å². The van der Waals surface area contributed by atoms with Gasteiger partial charge in [-0.25, -0.2) is 9.97 Å². The van der Waals surface area contributed by atoms with E-state index in [-0.39, 0.29) is 5.91 Å². The number of hydrogen-bond donors (Lipinski definition) is 2. The third-order valence-electron chi connectivity index (χ3n) is 3.11. The molecule has 2 N–H and O–H groups in total. The Morgan fingerprint density at radius 1 is 1.26 bits per heavy atom. The molecule has 1 aromatic heterocycles. The Labute approximate surface area is 136 Å². The van der Waals surface area contributed by atoms with Gasteiger partial charge in [0.1, 0.15) is 23.1 Å². The number of nitrogens with zero attached hydrogens (tertiary/aromatic N) is 2. The summed E-state index contributed by atoms with van der Waals surface area (Å²) in [4.78, 5) is 20.7. The molecule has 0 unspecified atom stereocenters. The summed E-state index contributed by atoms with van der Waals surface area (Å²) in [5.41, 5.74) is 1.12. The molecule has 2 rings (SSSR count). The van der Waals surface area contributed by atoms with Crippen molar-refractivity contribution in [3.8, 4) is 5.75 Å². The maximum atomic E-state index is 12.2. The van der Waals surface area contributed by atoms with E-state index in [0.717, 1.165) is 5.69 Å². The predicted octanol–water partition coefficient (Wildman–Crippen LogP) is 2.92. The number of para-hydroxylation sites is 2. The number of carbonyl (C=O) groups excluding carboxylic acids is 1. The topological polar surface area (TPSA) is 76.1 Å². The fraction of sp³-hybridized carbons (Fsp3) is 0.353. The van der Waals surface area contributed by atoms with Crippen molar-refractivity contribution < 1.29 is 9.53 Å². The fourth-order valence-corrected chi connectivity index (χ4v) is 2.02. The number of nitrogens with one attached hydrogen (secondary N) is 2. The Morgan fingerprint density at radius 2 is 2.00 bits per heavy atom.